The molecule has 1 N–H and O–H groups in total. The third kappa shape index (κ3) is 3.32. The number of hydrogen-bond donors (Lipinski definition) is 1. The number of aliphatic carboxylic acids is 1. The Bertz CT molecular complexity index is 364. The van der Waals surface area contributed by atoms with Gasteiger partial charge in [-0.1, -0.05) is 20.8 Å². The first-order chi connectivity index (χ1) is 9.27. The first-order valence-electron chi connectivity index (χ1n) is 7.45. The Kier molecular flexibility index (Phi) is 5.57. The molecule has 5 nitrogen and oxygen atoms in total. The van der Waals surface area contributed by atoms with Crippen LogP contribution in [0.1, 0.15) is 40.0 Å². The molecule has 1 aliphatic heterocycles. The molecule has 5 heteroatoms. The molecule has 1 rings (SSSR count). The molecule has 0 aliphatic carbocycles. The van der Waals surface area contributed by atoms with E-state index in [0.717, 1.165) is 6.54 Å². The number of likely N-dealkylation sites (tertiary alicyclic amines) is 1. The van der Waals surface area contributed by atoms with Gasteiger partial charge < -0.3 is 14.9 Å². The maximum Gasteiger partial charge on any atom is 0.310 e. The standard InChI is InChI=1S/C15H28N2O3/c1-6-15(7-2,14(19)20)8-13(18)17-9-11(3)12(10-17)16(4)5/h11-12H,6-10H2,1-5H3,(H,19,20). The van der Waals surface area contributed by atoms with E-state index in [0.29, 0.717) is 31.3 Å². The van der Waals surface area contributed by atoms with E-state index in [9.17, 15) is 14.7 Å². The maximum atomic E-state index is 12.4. The van der Waals surface area contributed by atoms with Crippen LogP contribution in [-0.4, -0.2) is 60.0 Å². The van der Waals surface area contributed by atoms with E-state index >= 15 is 0 Å². The Balaban J connectivity index is 2.75. The molecule has 20 heavy (non-hydrogen) atoms. The van der Waals surface area contributed by atoms with E-state index in [4.69, 9.17) is 0 Å². The van der Waals surface area contributed by atoms with Gasteiger partial charge in [-0.25, -0.2) is 0 Å². The third-order valence-corrected chi connectivity index (χ3v) is 4.89. The molecule has 0 radical (unpaired) electrons. The molecular formula is C15H28N2O3. The number of carbonyl (C=O) groups excluding carboxylic acids is 1. The fourth-order valence-corrected chi connectivity index (χ4v) is 3.10. The van der Waals surface area contributed by atoms with Gasteiger partial charge in [0.25, 0.3) is 0 Å². The summed E-state index contributed by atoms with van der Waals surface area (Å²) in [5, 5.41) is 9.43. The fourth-order valence-electron chi connectivity index (χ4n) is 3.10. The average molecular weight is 284 g/mol. The molecular weight excluding hydrogens is 256 g/mol. The van der Waals surface area contributed by atoms with Gasteiger partial charge in [0, 0.05) is 25.6 Å². The van der Waals surface area contributed by atoms with Gasteiger partial charge in [0.15, 0.2) is 0 Å². The first-order valence-corrected chi connectivity index (χ1v) is 7.45. The average Bonchev–Trinajstić information content (AvgIpc) is 2.77. The molecule has 0 saturated carbocycles. The number of rotatable bonds is 6. The zero-order valence-electron chi connectivity index (χ0n) is 13.3. The Morgan fingerprint density at radius 2 is 1.80 bits per heavy atom. The second-order valence-electron chi connectivity index (χ2n) is 6.28. The maximum absolute atomic E-state index is 12.4. The van der Waals surface area contributed by atoms with Crippen molar-refractivity contribution in [3.8, 4) is 0 Å². The number of carboxylic acid groups (broad SMARTS) is 1. The highest BCUT2D eigenvalue weighted by atomic mass is 16.4. The number of likely N-dealkylation sites (N-methyl/N-ethyl adjacent to an activating group) is 1. The highest BCUT2D eigenvalue weighted by Crippen LogP contribution is 2.33. The molecule has 2 unspecified atom stereocenters. The zero-order chi connectivity index (χ0) is 15.5. The minimum atomic E-state index is -0.906. The summed E-state index contributed by atoms with van der Waals surface area (Å²) in [4.78, 5) is 27.9. The molecule has 1 heterocycles. The largest absolute Gasteiger partial charge is 0.481 e. The fraction of sp³-hybridized carbons (Fsp3) is 0.867. The Hall–Kier alpha value is -1.10. The third-order valence-electron chi connectivity index (χ3n) is 4.89. The van der Waals surface area contributed by atoms with Gasteiger partial charge in [0.05, 0.1) is 5.41 Å². The number of nitrogens with zero attached hydrogens (tertiary/aromatic N) is 2. The van der Waals surface area contributed by atoms with Crippen molar-refractivity contribution in [1.82, 2.24) is 9.80 Å². The molecule has 1 aliphatic rings. The molecule has 0 aromatic heterocycles. The lowest BCUT2D eigenvalue weighted by atomic mass is 9.79. The number of carbonyl (C=O) groups is 2. The summed E-state index contributed by atoms with van der Waals surface area (Å²) in [6.07, 6.45) is 1.10. The van der Waals surface area contributed by atoms with Gasteiger partial charge in [-0.15, -0.1) is 0 Å². The van der Waals surface area contributed by atoms with Gasteiger partial charge in [-0.2, -0.15) is 0 Å². The van der Waals surface area contributed by atoms with Crippen LogP contribution in [0.2, 0.25) is 0 Å². The van der Waals surface area contributed by atoms with Gasteiger partial charge in [0.2, 0.25) is 5.91 Å². The number of carboxylic acids is 1. The van der Waals surface area contributed by atoms with Crippen LogP contribution < -0.4 is 0 Å². The Morgan fingerprint density at radius 1 is 1.25 bits per heavy atom. The summed E-state index contributed by atoms with van der Waals surface area (Å²) < 4.78 is 0. The monoisotopic (exact) mass is 284 g/mol. The molecule has 1 amide bonds. The van der Waals surface area contributed by atoms with Crippen molar-refractivity contribution in [3.05, 3.63) is 0 Å². The molecule has 1 saturated heterocycles. The van der Waals surface area contributed by atoms with Crippen molar-refractivity contribution >= 4 is 11.9 Å². The lowest BCUT2D eigenvalue weighted by Crippen LogP contribution is -2.40. The van der Waals surface area contributed by atoms with Crippen LogP contribution in [0.3, 0.4) is 0 Å². The van der Waals surface area contributed by atoms with Crippen LogP contribution in [0.5, 0.6) is 0 Å². The first kappa shape index (κ1) is 17.0. The highest BCUT2D eigenvalue weighted by molar-refractivity contribution is 5.85. The number of hydrogen-bond acceptors (Lipinski definition) is 3. The van der Waals surface area contributed by atoms with Crippen LogP contribution in [0, 0.1) is 11.3 Å². The van der Waals surface area contributed by atoms with E-state index in [2.05, 4.69) is 11.8 Å². The van der Waals surface area contributed by atoms with Gasteiger partial charge in [0.1, 0.15) is 0 Å². The lowest BCUT2D eigenvalue weighted by molar-refractivity contribution is -0.154. The van der Waals surface area contributed by atoms with E-state index in [1.54, 1.807) is 0 Å². The summed E-state index contributed by atoms with van der Waals surface area (Å²) in [5.74, 6) is -0.448. The molecule has 0 aromatic carbocycles. The smallest absolute Gasteiger partial charge is 0.310 e. The zero-order valence-corrected chi connectivity index (χ0v) is 13.3. The summed E-state index contributed by atoms with van der Waals surface area (Å²) in [5.41, 5.74) is -0.906. The second-order valence-corrected chi connectivity index (χ2v) is 6.28. The van der Waals surface area contributed by atoms with Crippen molar-refractivity contribution in [1.29, 1.82) is 0 Å². The topological polar surface area (TPSA) is 60.9 Å². The number of amides is 1. The summed E-state index contributed by atoms with van der Waals surface area (Å²) in [6, 6.07) is 0.362. The summed E-state index contributed by atoms with van der Waals surface area (Å²) in [6.45, 7) is 7.27. The molecule has 0 aromatic rings. The molecule has 1 fully saturated rings. The summed E-state index contributed by atoms with van der Waals surface area (Å²) in [7, 11) is 4.05. The Morgan fingerprint density at radius 3 is 2.15 bits per heavy atom. The van der Waals surface area contributed by atoms with E-state index in [1.165, 1.54) is 0 Å². The van der Waals surface area contributed by atoms with Crippen molar-refractivity contribution in [2.24, 2.45) is 11.3 Å². The van der Waals surface area contributed by atoms with Crippen LogP contribution >= 0.6 is 0 Å². The van der Waals surface area contributed by atoms with Crippen molar-refractivity contribution in [2.75, 3.05) is 27.2 Å². The van der Waals surface area contributed by atoms with E-state index in [-0.39, 0.29) is 12.3 Å². The van der Waals surface area contributed by atoms with Crippen LogP contribution in [0.15, 0.2) is 0 Å². The highest BCUT2D eigenvalue weighted by Gasteiger charge is 2.41. The normalized spacial score (nSPS) is 23.4. The predicted molar refractivity (Wildman–Crippen MR) is 78.5 cm³/mol. The van der Waals surface area contributed by atoms with Crippen molar-refractivity contribution in [2.45, 2.75) is 46.1 Å². The van der Waals surface area contributed by atoms with Crippen molar-refractivity contribution in [3.63, 3.8) is 0 Å². The Labute approximate surface area is 121 Å². The minimum Gasteiger partial charge on any atom is -0.481 e. The summed E-state index contributed by atoms with van der Waals surface area (Å²) >= 11 is 0. The second kappa shape index (κ2) is 6.57. The van der Waals surface area contributed by atoms with E-state index in [1.807, 2.05) is 32.8 Å². The molecule has 0 spiro atoms. The van der Waals surface area contributed by atoms with Gasteiger partial charge in [-0.3, -0.25) is 9.59 Å². The van der Waals surface area contributed by atoms with Gasteiger partial charge in [-0.05, 0) is 32.9 Å². The molecule has 0 bridgehead atoms. The molecule has 116 valence electrons. The quantitative estimate of drug-likeness (QED) is 0.806. The van der Waals surface area contributed by atoms with Gasteiger partial charge >= 0.3 is 5.97 Å². The van der Waals surface area contributed by atoms with Crippen LogP contribution in [-0.2, 0) is 9.59 Å². The van der Waals surface area contributed by atoms with Crippen molar-refractivity contribution < 1.29 is 14.7 Å². The SMILES string of the molecule is CCC(CC)(CC(=O)N1CC(C)C(N(C)C)C1)C(=O)O. The minimum absolute atomic E-state index is 0.0210. The van der Waals surface area contributed by atoms with Crippen LogP contribution in [0.25, 0.3) is 0 Å². The lowest BCUT2D eigenvalue weighted by Gasteiger charge is -2.28. The van der Waals surface area contributed by atoms with Crippen LogP contribution in [0.4, 0.5) is 0 Å². The van der Waals surface area contributed by atoms with E-state index < -0.39 is 11.4 Å². The predicted octanol–water partition coefficient (Wildman–Crippen LogP) is 1.68. The molecule has 2 atom stereocenters.